The molecule has 1 N–H and O–H groups in total. The van der Waals surface area contributed by atoms with Crippen LogP contribution in [0.5, 0.6) is 0 Å². The molecule has 2 unspecified atom stereocenters. The number of rotatable bonds is 3. The third-order valence-electron chi connectivity index (χ3n) is 4.05. The normalized spacial score (nSPS) is 27.6. The SMILES string of the molecule is CC1NCCC1C(=O)N(C)CC(=O)N1CCCC1. The van der Waals surface area contributed by atoms with Crippen LogP contribution in [0.2, 0.25) is 0 Å². The van der Waals surface area contributed by atoms with Crippen LogP contribution in [0.15, 0.2) is 0 Å². The van der Waals surface area contributed by atoms with Crippen molar-refractivity contribution >= 4 is 11.8 Å². The molecule has 2 amide bonds. The Kier molecular flexibility index (Phi) is 4.22. The Hall–Kier alpha value is -1.10. The summed E-state index contributed by atoms with van der Waals surface area (Å²) in [6, 6.07) is 0.224. The van der Waals surface area contributed by atoms with E-state index in [1.165, 1.54) is 0 Å². The first kappa shape index (κ1) is 13.3. The highest BCUT2D eigenvalue weighted by Gasteiger charge is 2.32. The Morgan fingerprint density at radius 3 is 2.56 bits per heavy atom. The minimum Gasteiger partial charge on any atom is -0.341 e. The quantitative estimate of drug-likeness (QED) is 0.774. The minimum absolute atomic E-state index is 0.0291. The van der Waals surface area contributed by atoms with Gasteiger partial charge in [-0.2, -0.15) is 0 Å². The van der Waals surface area contributed by atoms with E-state index in [2.05, 4.69) is 5.32 Å². The summed E-state index contributed by atoms with van der Waals surface area (Å²) in [6.07, 6.45) is 3.06. The molecule has 0 saturated carbocycles. The van der Waals surface area contributed by atoms with E-state index in [0.29, 0.717) is 0 Å². The van der Waals surface area contributed by atoms with Crippen LogP contribution in [0, 0.1) is 5.92 Å². The van der Waals surface area contributed by atoms with Gasteiger partial charge in [0.1, 0.15) is 0 Å². The highest BCUT2D eigenvalue weighted by molar-refractivity contribution is 5.86. The lowest BCUT2D eigenvalue weighted by molar-refractivity contribution is -0.141. The number of carbonyl (C=O) groups is 2. The van der Waals surface area contributed by atoms with Gasteiger partial charge >= 0.3 is 0 Å². The van der Waals surface area contributed by atoms with Crippen LogP contribution in [0.4, 0.5) is 0 Å². The lowest BCUT2D eigenvalue weighted by atomic mass is 10.0. The lowest BCUT2D eigenvalue weighted by Gasteiger charge is -2.25. The fourth-order valence-corrected chi connectivity index (χ4v) is 2.83. The number of likely N-dealkylation sites (N-methyl/N-ethyl adjacent to an activating group) is 1. The monoisotopic (exact) mass is 253 g/mol. The number of likely N-dealkylation sites (tertiary alicyclic amines) is 1. The number of hydrogen-bond donors (Lipinski definition) is 1. The maximum Gasteiger partial charge on any atom is 0.242 e. The van der Waals surface area contributed by atoms with Crippen molar-refractivity contribution in [3.63, 3.8) is 0 Å². The second-order valence-electron chi connectivity index (χ2n) is 5.42. The zero-order valence-electron chi connectivity index (χ0n) is 11.3. The average Bonchev–Trinajstić information content (AvgIpc) is 2.98. The van der Waals surface area contributed by atoms with Crippen LogP contribution in [-0.4, -0.2) is 60.9 Å². The van der Waals surface area contributed by atoms with Gasteiger partial charge in [0, 0.05) is 26.2 Å². The largest absolute Gasteiger partial charge is 0.341 e. The first-order valence-corrected chi connectivity index (χ1v) is 6.85. The van der Waals surface area contributed by atoms with Crippen molar-refractivity contribution in [1.29, 1.82) is 0 Å². The Morgan fingerprint density at radius 2 is 2.00 bits per heavy atom. The number of carbonyl (C=O) groups excluding carboxylic acids is 2. The first-order valence-electron chi connectivity index (χ1n) is 6.85. The highest BCUT2D eigenvalue weighted by atomic mass is 16.2. The molecule has 0 spiro atoms. The van der Waals surface area contributed by atoms with Crippen molar-refractivity contribution in [2.75, 3.05) is 33.2 Å². The van der Waals surface area contributed by atoms with Crippen molar-refractivity contribution in [3.05, 3.63) is 0 Å². The Labute approximate surface area is 108 Å². The van der Waals surface area contributed by atoms with E-state index in [1.807, 2.05) is 11.8 Å². The zero-order chi connectivity index (χ0) is 13.1. The third kappa shape index (κ3) is 2.83. The standard InChI is InChI=1S/C13H23N3O2/c1-10-11(5-6-14-10)13(18)15(2)9-12(17)16-7-3-4-8-16/h10-11,14H,3-9H2,1-2H3. The smallest absolute Gasteiger partial charge is 0.242 e. The van der Waals surface area contributed by atoms with Crippen molar-refractivity contribution < 1.29 is 9.59 Å². The summed E-state index contributed by atoms with van der Waals surface area (Å²) in [5.74, 6) is 0.211. The van der Waals surface area contributed by atoms with Crippen LogP contribution >= 0.6 is 0 Å². The molecule has 2 saturated heterocycles. The summed E-state index contributed by atoms with van der Waals surface area (Å²) in [5.41, 5.74) is 0. The van der Waals surface area contributed by atoms with E-state index in [0.717, 1.165) is 38.9 Å². The van der Waals surface area contributed by atoms with E-state index in [4.69, 9.17) is 0 Å². The molecule has 0 radical (unpaired) electrons. The molecule has 0 aromatic carbocycles. The second-order valence-corrected chi connectivity index (χ2v) is 5.42. The highest BCUT2D eigenvalue weighted by Crippen LogP contribution is 2.17. The number of amides is 2. The number of nitrogens with one attached hydrogen (secondary N) is 1. The maximum atomic E-state index is 12.2. The first-order chi connectivity index (χ1) is 8.59. The average molecular weight is 253 g/mol. The van der Waals surface area contributed by atoms with Crippen LogP contribution < -0.4 is 5.32 Å². The van der Waals surface area contributed by atoms with Crippen molar-refractivity contribution in [2.45, 2.75) is 32.2 Å². The lowest BCUT2D eigenvalue weighted by Crippen LogP contribution is -2.44. The summed E-state index contributed by atoms with van der Waals surface area (Å²) >= 11 is 0. The van der Waals surface area contributed by atoms with Crippen molar-refractivity contribution in [2.24, 2.45) is 5.92 Å². The number of nitrogens with zero attached hydrogens (tertiary/aromatic N) is 2. The van der Waals surface area contributed by atoms with Crippen LogP contribution in [0.25, 0.3) is 0 Å². The molecule has 2 aliphatic heterocycles. The third-order valence-corrected chi connectivity index (χ3v) is 4.05. The summed E-state index contributed by atoms with van der Waals surface area (Å²) < 4.78 is 0. The van der Waals surface area contributed by atoms with Gasteiger partial charge < -0.3 is 15.1 Å². The van der Waals surface area contributed by atoms with Crippen LogP contribution in [-0.2, 0) is 9.59 Å². The van der Waals surface area contributed by atoms with Gasteiger partial charge in [-0.05, 0) is 32.7 Å². The molecule has 0 aromatic rings. The van der Waals surface area contributed by atoms with Crippen LogP contribution in [0.3, 0.4) is 0 Å². The fourth-order valence-electron chi connectivity index (χ4n) is 2.83. The topological polar surface area (TPSA) is 52.7 Å². The Balaban J connectivity index is 1.84. The molecule has 2 heterocycles. The summed E-state index contributed by atoms with van der Waals surface area (Å²) in [6.45, 7) is 4.85. The predicted octanol–water partition coefficient (Wildman–Crippen LogP) is 0.0652. The molecule has 0 bridgehead atoms. The molecule has 0 aromatic heterocycles. The molecule has 18 heavy (non-hydrogen) atoms. The van der Waals surface area contributed by atoms with Gasteiger partial charge in [0.15, 0.2) is 0 Å². The minimum atomic E-state index is 0.0291. The molecule has 5 nitrogen and oxygen atoms in total. The van der Waals surface area contributed by atoms with Gasteiger partial charge in [0.2, 0.25) is 11.8 Å². The van der Waals surface area contributed by atoms with E-state index < -0.39 is 0 Å². The van der Waals surface area contributed by atoms with Gasteiger partial charge in [-0.15, -0.1) is 0 Å². The van der Waals surface area contributed by atoms with Gasteiger partial charge in [-0.3, -0.25) is 9.59 Å². The van der Waals surface area contributed by atoms with E-state index in [1.54, 1.807) is 11.9 Å². The molecule has 2 atom stereocenters. The zero-order valence-corrected chi connectivity index (χ0v) is 11.3. The predicted molar refractivity (Wildman–Crippen MR) is 69.0 cm³/mol. The van der Waals surface area contributed by atoms with Gasteiger partial charge in [0.25, 0.3) is 0 Å². The summed E-state index contributed by atoms with van der Waals surface area (Å²) in [7, 11) is 1.74. The van der Waals surface area contributed by atoms with E-state index >= 15 is 0 Å². The van der Waals surface area contributed by atoms with Crippen molar-refractivity contribution in [1.82, 2.24) is 15.1 Å². The molecule has 2 aliphatic rings. The summed E-state index contributed by atoms with van der Waals surface area (Å²) in [5, 5.41) is 3.27. The summed E-state index contributed by atoms with van der Waals surface area (Å²) in [4.78, 5) is 27.6. The second kappa shape index (κ2) is 5.69. The Morgan fingerprint density at radius 1 is 1.33 bits per heavy atom. The molecule has 2 rings (SSSR count). The van der Waals surface area contributed by atoms with Crippen molar-refractivity contribution in [3.8, 4) is 0 Å². The van der Waals surface area contributed by atoms with Gasteiger partial charge in [-0.25, -0.2) is 0 Å². The molecular weight excluding hydrogens is 230 g/mol. The Bertz CT molecular complexity index is 326. The molecule has 5 heteroatoms. The van der Waals surface area contributed by atoms with E-state index in [9.17, 15) is 9.59 Å². The molecular formula is C13H23N3O2. The fraction of sp³-hybridized carbons (Fsp3) is 0.846. The van der Waals surface area contributed by atoms with Gasteiger partial charge in [0.05, 0.1) is 12.5 Å². The maximum absolute atomic E-state index is 12.2. The molecule has 102 valence electrons. The van der Waals surface area contributed by atoms with Crippen LogP contribution in [0.1, 0.15) is 26.2 Å². The van der Waals surface area contributed by atoms with Gasteiger partial charge in [-0.1, -0.05) is 0 Å². The number of hydrogen-bond acceptors (Lipinski definition) is 3. The van der Waals surface area contributed by atoms with E-state index in [-0.39, 0.29) is 30.3 Å². The molecule has 0 aliphatic carbocycles. The molecule has 2 fully saturated rings.